The van der Waals surface area contributed by atoms with Crippen LogP contribution in [0.2, 0.25) is 0 Å². The minimum absolute atomic E-state index is 0.296. The van der Waals surface area contributed by atoms with Crippen molar-refractivity contribution >= 4 is 5.97 Å². The van der Waals surface area contributed by atoms with Crippen LogP contribution in [0.15, 0.2) is 24.8 Å². The third-order valence-corrected chi connectivity index (χ3v) is 3.51. The van der Waals surface area contributed by atoms with Crippen LogP contribution in [0.5, 0.6) is 0 Å². The first-order valence-corrected chi connectivity index (χ1v) is 6.95. The maximum Gasteiger partial charge on any atom is 0.303 e. The summed E-state index contributed by atoms with van der Waals surface area (Å²) in [7, 11) is 0. The fourth-order valence-electron chi connectivity index (χ4n) is 2.19. The van der Waals surface area contributed by atoms with E-state index in [4.69, 9.17) is 5.11 Å². The van der Waals surface area contributed by atoms with E-state index >= 15 is 0 Å². The van der Waals surface area contributed by atoms with E-state index in [-0.39, 0.29) is 0 Å². The van der Waals surface area contributed by atoms with E-state index in [1.807, 2.05) is 6.08 Å². The maximum atomic E-state index is 10.4. The first-order valence-electron chi connectivity index (χ1n) is 6.95. The van der Waals surface area contributed by atoms with Gasteiger partial charge in [-0.25, -0.2) is 0 Å². The molecule has 0 aromatic heterocycles. The third-order valence-electron chi connectivity index (χ3n) is 3.51. The molecule has 0 aromatic carbocycles. The molecule has 0 fully saturated rings. The third kappa shape index (κ3) is 9.03. The molecule has 0 saturated carbocycles. The van der Waals surface area contributed by atoms with Crippen molar-refractivity contribution in [3.05, 3.63) is 24.8 Å². The molecular formula is C16H28O2. The van der Waals surface area contributed by atoms with E-state index in [9.17, 15) is 4.79 Å². The van der Waals surface area contributed by atoms with Crippen molar-refractivity contribution in [2.45, 2.75) is 58.8 Å². The number of hydrogen-bond acceptors (Lipinski definition) is 1. The monoisotopic (exact) mass is 252 g/mol. The van der Waals surface area contributed by atoms with Crippen LogP contribution in [-0.2, 0) is 4.79 Å². The van der Waals surface area contributed by atoms with Crippen molar-refractivity contribution in [1.82, 2.24) is 0 Å². The lowest BCUT2D eigenvalue weighted by molar-refractivity contribution is -0.137. The average Bonchev–Trinajstić information content (AvgIpc) is 2.28. The summed E-state index contributed by atoms with van der Waals surface area (Å²) in [6.07, 6.45) is 8.58. The second kappa shape index (κ2) is 9.93. The SMILES string of the molecule is C=CCCC(CC[C@@H](C)CCCC(=O)O)C(=C)C. The Balaban J connectivity index is 3.84. The van der Waals surface area contributed by atoms with Gasteiger partial charge in [-0.2, -0.15) is 0 Å². The van der Waals surface area contributed by atoms with E-state index in [2.05, 4.69) is 27.0 Å². The topological polar surface area (TPSA) is 37.3 Å². The van der Waals surface area contributed by atoms with Gasteiger partial charge in [0.15, 0.2) is 0 Å². The minimum Gasteiger partial charge on any atom is -0.481 e. The van der Waals surface area contributed by atoms with E-state index in [1.165, 1.54) is 5.57 Å². The Kier molecular flexibility index (Phi) is 9.35. The molecule has 0 rings (SSSR count). The summed E-state index contributed by atoms with van der Waals surface area (Å²) in [6.45, 7) is 12.1. The van der Waals surface area contributed by atoms with Crippen molar-refractivity contribution in [2.24, 2.45) is 11.8 Å². The zero-order valence-electron chi connectivity index (χ0n) is 12.0. The second-order valence-electron chi connectivity index (χ2n) is 5.38. The summed E-state index contributed by atoms with van der Waals surface area (Å²) in [6, 6.07) is 0. The van der Waals surface area contributed by atoms with E-state index in [1.54, 1.807) is 0 Å². The normalized spacial score (nSPS) is 13.9. The van der Waals surface area contributed by atoms with Gasteiger partial charge >= 0.3 is 5.97 Å². The standard InChI is InChI=1S/C16H28O2/c1-5-6-9-15(13(2)3)12-11-14(4)8-7-10-16(17)18/h5,14-15H,1-2,6-12H2,3-4H3,(H,17,18)/t14-,15?/m0/s1. The summed E-state index contributed by atoms with van der Waals surface area (Å²) >= 11 is 0. The highest BCUT2D eigenvalue weighted by molar-refractivity contribution is 5.66. The number of hydrogen-bond donors (Lipinski definition) is 1. The second-order valence-corrected chi connectivity index (χ2v) is 5.38. The fourth-order valence-corrected chi connectivity index (χ4v) is 2.19. The number of allylic oxidation sites excluding steroid dienone is 2. The van der Waals surface area contributed by atoms with Crippen LogP contribution in [0.1, 0.15) is 58.8 Å². The molecule has 0 amide bonds. The number of carbonyl (C=O) groups is 1. The Hall–Kier alpha value is -1.05. The average molecular weight is 252 g/mol. The lowest BCUT2D eigenvalue weighted by Gasteiger charge is -2.19. The molecule has 0 aromatic rings. The van der Waals surface area contributed by atoms with Gasteiger partial charge in [-0.1, -0.05) is 38.0 Å². The molecule has 2 atom stereocenters. The molecular weight excluding hydrogens is 224 g/mol. The molecule has 2 heteroatoms. The molecule has 0 bridgehead atoms. The van der Waals surface area contributed by atoms with Gasteiger partial charge in [-0.15, -0.1) is 6.58 Å². The molecule has 104 valence electrons. The highest BCUT2D eigenvalue weighted by Gasteiger charge is 2.11. The molecule has 2 nitrogen and oxygen atoms in total. The Morgan fingerprint density at radius 1 is 1.28 bits per heavy atom. The van der Waals surface area contributed by atoms with E-state index in [0.29, 0.717) is 18.3 Å². The van der Waals surface area contributed by atoms with Crippen molar-refractivity contribution in [3.63, 3.8) is 0 Å². The smallest absolute Gasteiger partial charge is 0.303 e. The van der Waals surface area contributed by atoms with Crippen LogP contribution in [0.4, 0.5) is 0 Å². The van der Waals surface area contributed by atoms with Crippen molar-refractivity contribution in [2.75, 3.05) is 0 Å². The predicted octanol–water partition coefficient (Wildman–Crippen LogP) is 4.82. The minimum atomic E-state index is -0.687. The van der Waals surface area contributed by atoms with Gasteiger partial charge < -0.3 is 5.11 Å². The Bertz CT molecular complexity index is 268. The van der Waals surface area contributed by atoms with Crippen LogP contribution in [0, 0.1) is 11.8 Å². The number of carboxylic acid groups (broad SMARTS) is 1. The summed E-state index contributed by atoms with van der Waals surface area (Å²) in [5.74, 6) is 0.507. The largest absolute Gasteiger partial charge is 0.481 e. The first-order chi connectivity index (χ1) is 8.47. The highest BCUT2D eigenvalue weighted by Crippen LogP contribution is 2.25. The van der Waals surface area contributed by atoms with Crippen LogP contribution in [0.3, 0.4) is 0 Å². The molecule has 1 N–H and O–H groups in total. The molecule has 0 radical (unpaired) electrons. The van der Waals surface area contributed by atoms with Crippen molar-refractivity contribution in [3.8, 4) is 0 Å². The zero-order valence-corrected chi connectivity index (χ0v) is 12.0. The van der Waals surface area contributed by atoms with Gasteiger partial charge in [0.05, 0.1) is 0 Å². The number of carboxylic acids is 1. The van der Waals surface area contributed by atoms with E-state index in [0.717, 1.165) is 38.5 Å². The summed E-state index contributed by atoms with van der Waals surface area (Å²) in [5.41, 5.74) is 1.26. The lowest BCUT2D eigenvalue weighted by atomic mass is 9.87. The zero-order chi connectivity index (χ0) is 14.0. The predicted molar refractivity (Wildman–Crippen MR) is 77.6 cm³/mol. The molecule has 0 aliphatic rings. The summed E-state index contributed by atoms with van der Waals surface area (Å²) in [4.78, 5) is 10.4. The number of rotatable bonds is 11. The maximum absolute atomic E-state index is 10.4. The van der Waals surface area contributed by atoms with Crippen LogP contribution >= 0.6 is 0 Å². The highest BCUT2D eigenvalue weighted by atomic mass is 16.4. The fraction of sp³-hybridized carbons (Fsp3) is 0.688. The molecule has 0 aliphatic carbocycles. The Morgan fingerprint density at radius 3 is 2.44 bits per heavy atom. The van der Waals surface area contributed by atoms with E-state index < -0.39 is 5.97 Å². The van der Waals surface area contributed by atoms with Crippen LogP contribution in [-0.4, -0.2) is 11.1 Å². The first kappa shape index (κ1) is 16.9. The quantitative estimate of drug-likeness (QED) is 0.535. The Morgan fingerprint density at radius 2 is 1.94 bits per heavy atom. The molecule has 0 spiro atoms. The molecule has 0 aliphatic heterocycles. The molecule has 18 heavy (non-hydrogen) atoms. The Labute approximate surface area is 112 Å². The van der Waals surface area contributed by atoms with Crippen LogP contribution in [0.25, 0.3) is 0 Å². The molecule has 1 unspecified atom stereocenters. The van der Waals surface area contributed by atoms with Crippen molar-refractivity contribution < 1.29 is 9.90 Å². The van der Waals surface area contributed by atoms with Crippen molar-refractivity contribution in [1.29, 1.82) is 0 Å². The van der Waals surface area contributed by atoms with Gasteiger partial charge in [0.25, 0.3) is 0 Å². The molecule has 0 saturated heterocycles. The van der Waals surface area contributed by atoms with Crippen LogP contribution < -0.4 is 0 Å². The van der Waals surface area contributed by atoms with Gasteiger partial charge in [0.2, 0.25) is 0 Å². The lowest BCUT2D eigenvalue weighted by Crippen LogP contribution is -2.05. The van der Waals surface area contributed by atoms with Gasteiger partial charge in [0, 0.05) is 6.42 Å². The summed E-state index contributed by atoms with van der Waals surface area (Å²) < 4.78 is 0. The van der Waals surface area contributed by atoms with Gasteiger partial charge in [-0.3, -0.25) is 4.79 Å². The number of aliphatic carboxylic acids is 1. The van der Waals surface area contributed by atoms with Gasteiger partial charge in [0.1, 0.15) is 0 Å². The molecule has 0 heterocycles. The van der Waals surface area contributed by atoms with Gasteiger partial charge in [-0.05, 0) is 44.4 Å². The summed E-state index contributed by atoms with van der Waals surface area (Å²) in [5, 5.41) is 8.59.